The highest BCUT2D eigenvalue weighted by molar-refractivity contribution is 6.25. The van der Waals surface area contributed by atoms with Crippen LogP contribution in [0, 0.1) is 11.8 Å². The van der Waals surface area contributed by atoms with Gasteiger partial charge in [0.25, 0.3) is 5.91 Å². The third-order valence-electron chi connectivity index (χ3n) is 8.18. The van der Waals surface area contributed by atoms with Crippen molar-refractivity contribution in [3.63, 3.8) is 0 Å². The van der Waals surface area contributed by atoms with Crippen molar-refractivity contribution >= 4 is 23.3 Å². The standard InChI is InChI=1S/C29H29N3O8/c1-12(33)8-14-10-15(18-6-4-5-7-31-18)16-9-13-11-17-22(32(2)3)25(36)21(28(30)39)27(38)29(17,40)26(37)19(13)24(35)20(16)23(14)34/h4-7,10,13,17,22,34,36-37,40H,8-9,11H2,1-3H3,(H2,30,39)/t13-,17-,22-,29-/m0/s1. The molecule has 4 atom stereocenters. The van der Waals surface area contributed by atoms with Crippen LogP contribution in [-0.2, 0) is 27.2 Å². The first-order valence-electron chi connectivity index (χ1n) is 12.7. The molecule has 0 aliphatic heterocycles. The zero-order valence-electron chi connectivity index (χ0n) is 22.1. The minimum Gasteiger partial charge on any atom is -0.510 e. The molecule has 1 amide bonds. The number of aliphatic hydroxyl groups excluding tert-OH is 2. The minimum absolute atomic E-state index is 0.0244. The molecule has 0 unspecified atom stereocenters. The summed E-state index contributed by atoms with van der Waals surface area (Å²) in [5, 5.41) is 45.3. The van der Waals surface area contributed by atoms with Crippen molar-refractivity contribution in [1.29, 1.82) is 0 Å². The summed E-state index contributed by atoms with van der Waals surface area (Å²) in [6.07, 6.45) is 1.50. The van der Waals surface area contributed by atoms with Crippen LogP contribution in [0.5, 0.6) is 5.75 Å². The Morgan fingerprint density at radius 3 is 2.45 bits per heavy atom. The third kappa shape index (κ3) is 3.76. The maximum absolute atomic E-state index is 14.1. The number of phenolic OH excluding ortho intramolecular Hbond substituents is 1. The normalized spacial score (nSPS) is 26.0. The molecule has 0 radical (unpaired) electrons. The van der Waals surface area contributed by atoms with E-state index < -0.39 is 63.8 Å². The van der Waals surface area contributed by atoms with Crippen molar-refractivity contribution in [3.8, 4) is 17.0 Å². The van der Waals surface area contributed by atoms with Crippen LogP contribution < -0.4 is 5.73 Å². The van der Waals surface area contributed by atoms with Crippen molar-refractivity contribution in [3.05, 3.63) is 69.8 Å². The van der Waals surface area contributed by atoms with Crippen LogP contribution in [0.4, 0.5) is 0 Å². The van der Waals surface area contributed by atoms with Gasteiger partial charge in [-0.2, -0.15) is 0 Å². The van der Waals surface area contributed by atoms with Gasteiger partial charge >= 0.3 is 0 Å². The molecule has 11 heteroatoms. The predicted octanol–water partition coefficient (Wildman–Crippen LogP) is 1.31. The molecule has 1 aromatic heterocycles. The lowest BCUT2D eigenvalue weighted by Crippen LogP contribution is -2.63. The Morgan fingerprint density at radius 1 is 1.18 bits per heavy atom. The van der Waals surface area contributed by atoms with Gasteiger partial charge in [0, 0.05) is 35.2 Å². The van der Waals surface area contributed by atoms with Crippen LogP contribution in [0.3, 0.4) is 0 Å². The number of nitrogens with two attached hydrogens (primary N) is 1. The molecule has 3 aliphatic carbocycles. The number of primary amides is 1. The molecule has 40 heavy (non-hydrogen) atoms. The number of phenols is 1. The Kier molecular flexibility index (Phi) is 6.39. The summed E-state index contributed by atoms with van der Waals surface area (Å²) < 4.78 is 0. The smallest absolute Gasteiger partial charge is 0.255 e. The molecule has 0 spiro atoms. The Bertz CT molecular complexity index is 1560. The van der Waals surface area contributed by atoms with E-state index in [1.807, 2.05) is 0 Å². The second-order valence-corrected chi connectivity index (χ2v) is 10.8. The first-order chi connectivity index (χ1) is 18.8. The molecule has 0 saturated carbocycles. The van der Waals surface area contributed by atoms with Crippen LogP contribution in [-0.4, -0.2) is 79.3 Å². The summed E-state index contributed by atoms with van der Waals surface area (Å²) >= 11 is 0. The molecule has 0 bridgehead atoms. The van der Waals surface area contributed by atoms with Crippen LogP contribution in [0.25, 0.3) is 11.3 Å². The molecular formula is C29H29N3O8. The lowest BCUT2D eigenvalue weighted by Gasteiger charge is -2.50. The predicted molar refractivity (Wildman–Crippen MR) is 141 cm³/mol. The summed E-state index contributed by atoms with van der Waals surface area (Å²) in [6.45, 7) is 1.34. The van der Waals surface area contributed by atoms with Crippen LogP contribution >= 0.6 is 0 Å². The minimum atomic E-state index is -2.72. The van der Waals surface area contributed by atoms with E-state index in [-0.39, 0.29) is 41.7 Å². The summed E-state index contributed by atoms with van der Waals surface area (Å²) in [5.74, 6) is -7.50. The molecular weight excluding hydrogens is 518 g/mol. The number of likely N-dealkylation sites (N-methyl/N-ethyl adjacent to an activating group) is 1. The zero-order chi connectivity index (χ0) is 29.3. The molecule has 11 nitrogen and oxygen atoms in total. The molecule has 5 rings (SSSR count). The van der Waals surface area contributed by atoms with Gasteiger partial charge in [-0.3, -0.25) is 29.1 Å². The number of carbonyl (C=O) groups is 4. The van der Waals surface area contributed by atoms with Crippen molar-refractivity contribution in [2.45, 2.75) is 37.8 Å². The second-order valence-electron chi connectivity index (χ2n) is 10.8. The summed E-state index contributed by atoms with van der Waals surface area (Å²) in [7, 11) is 3.14. The topological polar surface area (TPSA) is 191 Å². The first kappa shape index (κ1) is 27.2. The van der Waals surface area contributed by atoms with Crippen molar-refractivity contribution < 1.29 is 39.6 Å². The van der Waals surface area contributed by atoms with Gasteiger partial charge in [0.1, 0.15) is 28.6 Å². The lowest BCUT2D eigenvalue weighted by molar-refractivity contribution is -0.148. The number of aromatic hydroxyl groups is 1. The van der Waals surface area contributed by atoms with E-state index in [9.17, 15) is 39.6 Å². The molecule has 208 valence electrons. The van der Waals surface area contributed by atoms with E-state index in [1.54, 1.807) is 44.6 Å². The van der Waals surface area contributed by atoms with Gasteiger partial charge in [-0.05, 0) is 63.5 Å². The Balaban J connectivity index is 1.77. The highest BCUT2D eigenvalue weighted by atomic mass is 16.3. The molecule has 1 heterocycles. The number of benzene rings is 1. The molecule has 6 N–H and O–H groups in total. The number of fused-ring (bicyclic) bond motifs is 3. The first-order valence-corrected chi connectivity index (χ1v) is 12.7. The lowest BCUT2D eigenvalue weighted by atomic mass is 9.58. The SMILES string of the molecule is CC(=O)Cc1cc(-c2ccccn2)c2c(c1O)C(=O)C1=C(O)[C@]3(O)C(=O)C(C(N)=O)=C(O)[C@@H](N(C)C)[C@@H]3C[C@@H]1C2. The maximum atomic E-state index is 14.1. The van der Waals surface area contributed by atoms with Crippen molar-refractivity contribution in [1.82, 2.24) is 9.88 Å². The summed E-state index contributed by atoms with van der Waals surface area (Å²) in [4.78, 5) is 57.5. The monoisotopic (exact) mass is 547 g/mol. The van der Waals surface area contributed by atoms with Gasteiger partial charge in [-0.15, -0.1) is 0 Å². The molecule has 0 fully saturated rings. The number of pyridine rings is 1. The van der Waals surface area contributed by atoms with Crippen LogP contribution in [0.15, 0.2) is 53.1 Å². The molecule has 0 saturated heterocycles. The van der Waals surface area contributed by atoms with Gasteiger partial charge in [-0.1, -0.05) is 6.07 Å². The number of nitrogens with zero attached hydrogens (tertiary/aromatic N) is 2. The number of hydrogen-bond donors (Lipinski definition) is 5. The maximum Gasteiger partial charge on any atom is 0.255 e. The van der Waals surface area contributed by atoms with E-state index in [0.29, 0.717) is 16.8 Å². The number of hydrogen-bond acceptors (Lipinski definition) is 10. The summed E-state index contributed by atoms with van der Waals surface area (Å²) in [6, 6.07) is 5.76. The van der Waals surface area contributed by atoms with E-state index >= 15 is 0 Å². The van der Waals surface area contributed by atoms with Crippen molar-refractivity contribution in [2.75, 3.05) is 14.1 Å². The Morgan fingerprint density at radius 2 is 1.88 bits per heavy atom. The highest BCUT2D eigenvalue weighted by Crippen LogP contribution is 2.53. The van der Waals surface area contributed by atoms with E-state index in [1.165, 1.54) is 11.8 Å². The van der Waals surface area contributed by atoms with Gasteiger partial charge < -0.3 is 26.2 Å². The van der Waals surface area contributed by atoms with E-state index in [4.69, 9.17) is 5.73 Å². The number of aromatic nitrogens is 1. The molecule has 1 aromatic carbocycles. The fourth-order valence-electron chi connectivity index (χ4n) is 6.53. The number of allylic oxidation sites excluding steroid dienone is 1. The number of amides is 1. The fourth-order valence-corrected chi connectivity index (χ4v) is 6.53. The average molecular weight is 548 g/mol. The Labute approximate surface area is 229 Å². The highest BCUT2D eigenvalue weighted by Gasteiger charge is 2.63. The van der Waals surface area contributed by atoms with Gasteiger partial charge in [0.05, 0.1) is 17.3 Å². The zero-order valence-corrected chi connectivity index (χ0v) is 22.1. The summed E-state index contributed by atoms with van der Waals surface area (Å²) in [5.41, 5.74) is 3.04. The van der Waals surface area contributed by atoms with Gasteiger partial charge in [0.2, 0.25) is 5.78 Å². The van der Waals surface area contributed by atoms with E-state index in [0.717, 1.165) is 0 Å². The number of rotatable bonds is 5. The quantitative estimate of drug-likeness (QED) is 0.341. The largest absolute Gasteiger partial charge is 0.510 e. The number of ketones is 3. The van der Waals surface area contributed by atoms with E-state index in [2.05, 4.69) is 4.98 Å². The van der Waals surface area contributed by atoms with Gasteiger partial charge in [-0.25, -0.2) is 0 Å². The number of carbonyl (C=O) groups excluding carboxylic acids is 4. The fraction of sp³-hybridized carbons (Fsp3) is 0.345. The second kappa shape index (κ2) is 9.39. The Hall–Kier alpha value is -4.35. The third-order valence-corrected chi connectivity index (χ3v) is 8.18. The van der Waals surface area contributed by atoms with Crippen LogP contribution in [0.1, 0.15) is 34.8 Å². The molecule has 2 aromatic rings. The van der Waals surface area contributed by atoms with Crippen molar-refractivity contribution in [2.24, 2.45) is 17.6 Å². The number of aliphatic hydroxyl groups is 3. The molecule has 3 aliphatic rings. The number of Topliss-reactive ketones (excluding diaryl/α,β-unsaturated/α-hetero) is 3. The van der Waals surface area contributed by atoms with Gasteiger partial charge in [0.15, 0.2) is 11.4 Å². The van der Waals surface area contributed by atoms with Crippen LogP contribution in [0.2, 0.25) is 0 Å². The average Bonchev–Trinajstić information content (AvgIpc) is 2.87.